The molecule has 4 rings (SSSR count). The van der Waals surface area contributed by atoms with E-state index in [4.69, 9.17) is 9.47 Å². The van der Waals surface area contributed by atoms with Crippen molar-refractivity contribution in [1.82, 2.24) is 0 Å². The van der Waals surface area contributed by atoms with Crippen LogP contribution in [0.15, 0.2) is 18.2 Å². The van der Waals surface area contributed by atoms with Crippen molar-refractivity contribution >= 4 is 0 Å². The lowest BCUT2D eigenvalue weighted by atomic mass is 9.55. The van der Waals surface area contributed by atoms with Crippen LogP contribution in [-0.4, -0.2) is 25.4 Å². The van der Waals surface area contributed by atoms with E-state index >= 15 is 0 Å². The Morgan fingerprint density at radius 2 is 1.96 bits per heavy atom. The van der Waals surface area contributed by atoms with Crippen LogP contribution in [0.25, 0.3) is 0 Å². The van der Waals surface area contributed by atoms with E-state index in [1.54, 1.807) is 7.11 Å². The van der Waals surface area contributed by atoms with Gasteiger partial charge in [0.1, 0.15) is 5.75 Å². The number of rotatable bonds is 2. The van der Waals surface area contributed by atoms with Gasteiger partial charge in [-0.3, -0.25) is 0 Å². The molecule has 0 bridgehead atoms. The first-order chi connectivity index (χ1) is 11.1. The Balaban J connectivity index is 1.70. The fourth-order valence-corrected chi connectivity index (χ4v) is 6.03. The van der Waals surface area contributed by atoms with Crippen LogP contribution in [-0.2, 0) is 4.74 Å². The van der Waals surface area contributed by atoms with Gasteiger partial charge in [-0.25, -0.2) is 0 Å². The minimum absolute atomic E-state index is 0.291. The molecule has 1 unspecified atom stereocenters. The standard InChI is InChI=1S/C20H28O3/c1-20-9-8-14-13-5-4-12(22-2)10-16(13)18(21)11-15(14)17(20)6-7-19(20)23-3/h4-5,10,14-15,17-19,21H,6-9,11H2,1-3H3/t14-,15-,17+,18?,19+,20+/m1/s1. The summed E-state index contributed by atoms with van der Waals surface area (Å²) in [7, 11) is 3.55. The second-order valence-electron chi connectivity index (χ2n) is 7.97. The number of methoxy groups -OCH3 is 2. The van der Waals surface area contributed by atoms with E-state index in [9.17, 15) is 5.11 Å². The molecular formula is C20H28O3. The predicted octanol–water partition coefficient (Wildman–Crippen LogP) is 4.06. The molecule has 1 aromatic rings. The Labute approximate surface area is 139 Å². The third-order valence-corrected chi connectivity index (χ3v) is 7.18. The van der Waals surface area contributed by atoms with Gasteiger partial charge < -0.3 is 14.6 Å². The molecule has 0 aromatic heterocycles. The van der Waals surface area contributed by atoms with Crippen molar-refractivity contribution in [2.45, 2.75) is 57.2 Å². The highest BCUT2D eigenvalue weighted by atomic mass is 16.5. The predicted molar refractivity (Wildman–Crippen MR) is 89.7 cm³/mol. The van der Waals surface area contributed by atoms with E-state index in [0.717, 1.165) is 17.7 Å². The highest BCUT2D eigenvalue weighted by Crippen LogP contribution is 2.62. The van der Waals surface area contributed by atoms with Gasteiger partial charge in [0.05, 0.1) is 19.3 Å². The summed E-state index contributed by atoms with van der Waals surface area (Å²) in [6, 6.07) is 6.28. The Morgan fingerprint density at radius 3 is 2.70 bits per heavy atom. The largest absolute Gasteiger partial charge is 0.497 e. The van der Waals surface area contributed by atoms with Gasteiger partial charge in [-0.1, -0.05) is 13.0 Å². The van der Waals surface area contributed by atoms with Crippen molar-refractivity contribution in [3.8, 4) is 5.75 Å². The average molecular weight is 316 g/mol. The smallest absolute Gasteiger partial charge is 0.119 e. The topological polar surface area (TPSA) is 38.7 Å². The minimum Gasteiger partial charge on any atom is -0.497 e. The lowest BCUT2D eigenvalue weighted by Gasteiger charge is -2.51. The fraction of sp³-hybridized carbons (Fsp3) is 0.700. The Morgan fingerprint density at radius 1 is 1.13 bits per heavy atom. The molecule has 3 nitrogen and oxygen atoms in total. The second-order valence-corrected chi connectivity index (χ2v) is 7.97. The summed E-state index contributed by atoms with van der Waals surface area (Å²) in [5.74, 6) is 2.70. The van der Waals surface area contributed by atoms with Crippen molar-refractivity contribution in [1.29, 1.82) is 0 Å². The van der Waals surface area contributed by atoms with Crippen molar-refractivity contribution in [2.75, 3.05) is 14.2 Å². The van der Waals surface area contributed by atoms with E-state index in [2.05, 4.69) is 13.0 Å². The van der Waals surface area contributed by atoms with Crippen LogP contribution in [0.5, 0.6) is 5.75 Å². The van der Waals surface area contributed by atoms with Gasteiger partial charge >= 0.3 is 0 Å². The van der Waals surface area contributed by atoms with E-state index in [1.165, 1.54) is 31.2 Å². The molecule has 23 heavy (non-hydrogen) atoms. The van der Waals surface area contributed by atoms with Crippen LogP contribution in [0.2, 0.25) is 0 Å². The molecule has 0 saturated heterocycles. The van der Waals surface area contributed by atoms with E-state index in [-0.39, 0.29) is 6.10 Å². The van der Waals surface area contributed by atoms with Gasteiger partial charge in [0, 0.05) is 7.11 Å². The molecule has 1 aromatic carbocycles. The van der Waals surface area contributed by atoms with Crippen LogP contribution < -0.4 is 4.74 Å². The summed E-state index contributed by atoms with van der Waals surface area (Å²) in [4.78, 5) is 0. The summed E-state index contributed by atoms with van der Waals surface area (Å²) in [6.45, 7) is 2.42. The van der Waals surface area contributed by atoms with E-state index in [1.807, 2.05) is 19.2 Å². The number of fused-ring (bicyclic) bond motifs is 5. The number of aliphatic hydroxyl groups excluding tert-OH is 1. The molecule has 3 heteroatoms. The van der Waals surface area contributed by atoms with Crippen molar-refractivity contribution in [2.24, 2.45) is 17.3 Å². The van der Waals surface area contributed by atoms with Gasteiger partial charge in [0.15, 0.2) is 0 Å². The summed E-state index contributed by atoms with van der Waals surface area (Å²) in [6.07, 6.45) is 5.79. The highest BCUT2D eigenvalue weighted by molar-refractivity contribution is 5.42. The number of hydrogen-bond acceptors (Lipinski definition) is 3. The van der Waals surface area contributed by atoms with Crippen molar-refractivity contribution < 1.29 is 14.6 Å². The molecule has 126 valence electrons. The second kappa shape index (κ2) is 5.49. The normalized spacial score (nSPS) is 41.8. The van der Waals surface area contributed by atoms with Crippen LogP contribution in [0.1, 0.15) is 62.2 Å². The first-order valence-corrected chi connectivity index (χ1v) is 8.97. The first-order valence-electron chi connectivity index (χ1n) is 8.97. The molecule has 1 N–H and O–H groups in total. The molecule has 0 aliphatic heterocycles. The lowest BCUT2D eigenvalue weighted by Crippen LogP contribution is -2.45. The minimum atomic E-state index is -0.356. The van der Waals surface area contributed by atoms with Gasteiger partial charge in [0.2, 0.25) is 0 Å². The van der Waals surface area contributed by atoms with Gasteiger partial charge in [-0.05, 0) is 78.5 Å². The quantitative estimate of drug-likeness (QED) is 0.894. The zero-order valence-corrected chi connectivity index (χ0v) is 14.4. The van der Waals surface area contributed by atoms with Crippen molar-refractivity contribution in [3.63, 3.8) is 0 Å². The fourth-order valence-electron chi connectivity index (χ4n) is 6.03. The maximum Gasteiger partial charge on any atom is 0.119 e. The zero-order valence-electron chi connectivity index (χ0n) is 14.4. The summed E-state index contributed by atoms with van der Waals surface area (Å²) in [5.41, 5.74) is 2.74. The monoisotopic (exact) mass is 316 g/mol. The van der Waals surface area contributed by atoms with Gasteiger partial charge in [0.25, 0.3) is 0 Å². The molecule has 0 amide bonds. The van der Waals surface area contributed by atoms with Crippen LogP contribution >= 0.6 is 0 Å². The summed E-state index contributed by atoms with van der Waals surface area (Å²) < 4.78 is 11.2. The van der Waals surface area contributed by atoms with Gasteiger partial charge in [-0.15, -0.1) is 0 Å². The summed E-state index contributed by atoms with van der Waals surface area (Å²) >= 11 is 0. The molecule has 2 fully saturated rings. The molecule has 0 spiro atoms. The SMILES string of the molecule is COc1ccc2c(c1)C(O)C[C@@H]1[C@@H]2CC[C@]2(C)[C@@H](OC)CC[C@@H]12. The molecule has 6 atom stereocenters. The first kappa shape index (κ1) is 15.5. The Kier molecular flexibility index (Phi) is 3.69. The average Bonchev–Trinajstić information content (AvgIpc) is 2.91. The molecule has 0 radical (unpaired) electrons. The van der Waals surface area contributed by atoms with E-state index < -0.39 is 0 Å². The van der Waals surface area contributed by atoms with Crippen LogP contribution in [0.4, 0.5) is 0 Å². The Bertz CT molecular complexity index is 599. The van der Waals surface area contributed by atoms with Crippen molar-refractivity contribution in [3.05, 3.63) is 29.3 Å². The van der Waals surface area contributed by atoms with Gasteiger partial charge in [-0.2, -0.15) is 0 Å². The number of aliphatic hydroxyl groups is 1. The highest BCUT2D eigenvalue weighted by Gasteiger charge is 2.55. The molecular weight excluding hydrogens is 288 g/mol. The third kappa shape index (κ3) is 2.16. The zero-order chi connectivity index (χ0) is 16.2. The maximum absolute atomic E-state index is 10.8. The Hall–Kier alpha value is -1.06. The molecule has 2 saturated carbocycles. The molecule has 3 aliphatic carbocycles. The summed E-state index contributed by atoms with van der Waals surface area (Å²) in [5, 5.41) is 10.8. The number of hydrogen-bond donors (Lipinski definition) is 1. The molecule has 0 heterocycles. The lowest BCUT2D eigenvalue weighted by molar-refractivity contribution is -0.0545. The third-order valence-electron chi connectivity index (χ3n) is 7.18. The van der Waals surface area contributed by atoms with Crippen LogP contribution in [0.3, 0.4) is 0 Å². The van der Waals surface area contributed by atoms with Crippen LogP contribution in [0, 0.1) is 17.3 Å². The van der Waals surface area contributed by atoms with E-state index in [0.29, 0.717) is 29.3 Å². The number of ether oxygens (including phenoxy) is 2. The molecule has 3 aliphatic rings. The number of benzene rings is 1. The maximum atomic E-state index is 10.8.